The van der Waals surface area contributed by atoms with E-state index in [0.717, 1.165) is 11.3 Å². The number of benzene rings is 2. The predicted octanol–water partition coefficient (Wildman–Crippen LogP) is 3.05. The molecule has 0 fully saturated rings. The van der Waals surface area contributed by atoms with E-state index in [0.29, 0.717) is 17.2 Å². The predicted molar refractivity (Wildman–Crippen MR) is 92.3 cm³/mol. The van der Waals surface area contributed by atoms with Gasteiger partial charge in [-0.2, -0.15) is 0 Å². The molecule has 0 atom stereocenters. The number of carbonyl (C=O) groups is 1. The molecule has 0 spiro atoms. The summed E-state index contributed by atoms with van der Waals surface area (Å²) in [5, 5.41) is 6.71. The number of hydrogen-bond acceptors (Lipinski definition) is 5. The molecular weight excluding hydrogens is 320 g/mol. The second-order valence-electron chi connectivity index (χ2n) is 5.29. The first-order valence-electron chi connectivity index (χ1n) is 7.79. The number of aromatic nitrogens is 1. The molecule has 128 valence electrons. The molecule has 2 aromatic carbocycles. The molecule has 3 aromatic rings. The van der Waals surface area contributed by atoms with Gasteiger partial charge in [0.2, 0.25) is 0 Å². The van der Waals surface area contributed by atoms with Crippen molar-refractivity contribution in [1.29, 1.82) is 0 Å². The first-order valence-corrected chi connectivity index (χ1v) is 7.79. The normalized spacial score (nSPS) is 10.3. The minimum absolute atomic E-state index is 0.0484. The molecule has 0 aliphatic heterocycles. The number of para-hydroxylation sites is 1. The summed E-state index contributed by atoms with van der Waals surface area (Å²) in [5.41, 5.74) is 1.53. The van der Waals surface area contributed by atoms with Gasteiger partial charge in [-0.05, 0) is 36.4 Å². The van der Waals surface area contributed by atoms with Gasteiger partial charge in [0.05, 0.1) is 13.7 Å². The zero-order valence-electron chi connectivity index (χ0n) is 13.8. The first kappa shape index (κ1) is 16.6. The molecule has 25 heavy (non-hydrogen) atoms. The highest BCUT2D eigenvalue weighted by Gasteiger charge is 2.09. The van der Waals surface area contributed by atoms with Crippen LogP contribution in [0.4, 0.5) is 0 Å². The minimum atomic E-state index is -0.224. The van der Waals surface area contributed by atoms with Crippen LogP contribution in [-0.2, 0) is 11.3 Å². The minimum Gasteiger partial charge on any atom is -0.497 e. The summed E-state index contributed by atoms with van der Waals surface area (Å²) < 4.78 is 15.8. The van der Waals surface area contributed by atoms with Crippen molar-refractivity contribution in [3.63, 3.8) is 0 Å². The highest BCUT2D eigenvalue weighted by atomic mass is 16.5. The van der Waals surface area contributed by atoms with Gasteiger partial charge < -0.3 is 19.3 Å². The summed E-state index contributed by atoms with van der Waals surface area (Å²) in [6.45, 7) is 0.226. The number of rotatable bonds is 7. The van der Waals surface area contributed by atoms with E-state index >= 15 is 0 Å². The Balaban J connectivity index is 1.50. The van der Waals surface area contributed by atoms with Gasteiger partial charge in [0.1, 0.15) is 17.2 Å². The molecule has 0 saturated carbocycles. The average Bonchev–Trinajstić information content (AvgIpc) is 3.14. The van der Waals surface area contributed by atoms with E-state index in [2.05, 4.69) is 10.5 Å². The molecular formula is C19H18N2O4. The van der Waals surface area contributed by atoms with Crippen LogP contribution in [0.25, 0.3) is 11.3 Å². The number of nitrogens with one attached hydrogen (secondary N) is 1. The van der Waals surface area contributed by atoms with E-state index in [1.165, 1.54) is 0 Å². The van der Waals surface area contributed by atoms with Gasteiger partial charge in [0, 0.05) is 11.6 Å². The van der Waals surface area contributed by atoms with Gasteiger partial charge >= 0.3 is 0 Å². The van der Waals surface area contributed by atoms with Crippen LogP contribution in [0.1, 0.15) is 5.69 Å². The van der Waals surface area contributed by atoms with Crippen molar-refractivity contribution in [3.05, 3.63) is 66.4 Å². The molecule has 0 unspecified atom stereocenters. The quantitative estimate of drug-likeness (QED) is 0.717. The van der Waals surface area contributed by atoms with Crippen LogP contribution >= 0.6 is 0 Å². The van der Waals surface area contributed by atoms with Crippen LogP contribution in [0.2, 0.25) is 0 Å². The second-order valence-corrected chi connectivity index (χ2v) is 5.29. The summed E-state index contributed by atoms with van der Waals surface area (Å²) in [6.07, 6.45) is 0. The fourth-order valence-electron chi connectivity index (χ4n) is 2.19. The van der Waals surface area contributed by atoms with E-state index in [4.69, 9.17) is 14.0 Å². The summed E-state index contributed by atoms with van der Waals surface area (Å²) in [5.74, 6) is 1.83. The molecule has 6 nitrogen and oxygen atoms in total. The van der Waals surface area contributed by atoms with Crippen LogP contribution in [0, 0.1) is 0 Å². The first-order chi connectivity index (χ1) is 12.2. The van der Waals surface area contributed by atoms with Gasteiger partial charge in [-0.15, -0.1) is 0 Å². The molecule has 1 aromatic heterocycles. The third kappa shape index (κ3) is 4.60. The maximum Gasteiger partial charge on any atom is 0.258 e. The highest BCUT2D eigenvalue weighted by Crippen LogP contribution is 2.23. The van der Waals surface area contributed by atoms with Crippen molar-refractivity contribution in [1.82, 2.24) is 10.5 Å². The third-order valence-corrected chi connectivity index (χ3v) is 3.51. The van der Waals surface area contributed by atoms with Crippen molar-refractivity contribution >= 4 is 5.91 Å². The largest absolute Gasteiger partial charge is 0.497 e. The fraction of sp³-hybridized carbons (Fsp3) is 0.158. The molecule has 1 heterocycles. The molecule has 0 aliphatic carbocycles. The molecule has 0 bridgehead atoms. The van der Waals surface area contributed by atoms with Crippen molar-refractivity contribution in [2.75, 3.05) is 13.7 Å². The van der Waals surface area contributed by atoms with E-state index < -0.39 is 0 Å². The SMILES string of the molecule is COc1ccc(-c2cc(CNC(=O)COc3ccccc3)no2)cc1. The lowest BCUT2D eigenvalue weighted by molar-refractivity contribution is -0.123. The van der Waals surface area contributed by atoms with Crippen LogP contribution in [0.5, 0.6) is 11.5 Å². The van der Waals surface area contributed by atoms with Crippen LogP contribution in [0.3, 0.4) is 0 Å². The van der Waals surface area contributed by atoms with Gasteiger partial charge in [0.25, 0.3) is 5.91 Å². The maximum absolute atomic E-state index is 11.8. The van der Waals surface area contributed by atoms with Crippen molar-refractivity contribution in [2.45, 2.75) is 6.54 Å². The Morgan fingerprint density at radius 1 is 1.08 bits per heavy atom. The number of methoxy groups -OCH3 is 1. The molecule has 6 heteroatoms. The molecule has 3 rings (SSSR count). The lowest BCUT2D eigenvalue weighted by atomic mass is 10.1. The monoisotopic (exact) mass is 338 g/mol. The van der Waals surface area contributed by atoms with E-state index in [9.17, 15) is 4.79 Å². The van der Waals surface area contributed by atoms with Crippen LogP contribution in [-0.4, -0.2) is 24.8 Å². The molecule has 0 radical (unpaired) electrons. The summed E-state index contributed by atoms with van der Waals surface area (Å²) in [6, 6.07) is 18.4. The number of hydrogen-bond donors (Lipinski definition) is 1. The molecule has 1 amide bonds. The van der Waals surface area contributed by atoms with Gasteiger partial charge in [-0.3, -0.25) is 4.79 Å². The molecule has 0 aliphatic rings. The van der Waals surface area contributed by atoms with Crippen molar-refractivity contribution in [2.24, 2.45) is 0 Å². The van der Waals surface area contributed by atoms with Crippen LogP contribution in [0.15, 0.2) is 65.2 Å². The van der Waals surface area contributed by atoms with Crippen molar-refractivity contribution in [3.8, 4) is 22.8 Å². The topological polar surface area (TPSA) is 73.6 Å². The molecule has 1 N–H and O–H groups in total. The number of carbonyl (C=O) groups excluding carboxylic acids is 1. The second kappa shape index (κ2) is 8.01. The zero-order chi connectivity index (χ0) is 17.5. The smallest absolute Gasteiger partial charge is 0.258 e. The van der Waals surface area contributed by atoms with Crippen molar-refractivity contribution < 1.29 is 18.8 Å². The number of amides is 1. The summed E-state index contributed by atoms with van der Waals surface area (Å²) >= 11 is 0. The Bertz CT molecular complexity index is 813. The third-order valence-electron chi connectivity index (χ3n) is 3.51. The Labute approximate surface area is 145 Å². The number of nitrogens with zero attached hydrogens (tertiary/aromatic N) is 1. The standard InChI is InChI=1S/C19H18N2O4/c1-23-16-9-7-14(8-10-16)18-11-15(21-25-18)12-20-19(22)13-24-17-5-3-2-4-6-17/h2-11H,12-13H2,1H3,(H,20,22). The Morgan fingerprint density at radius 3 is 2.56 bits per heavy atom. The van der Waals surface area contributed by atoms with Gasteiger partial charge in [0.15, 0.2) is 12.4 Å². The fourth-order valence-corrected chi connectivity index (χ4v) is 2.19. The van der Waals surface area contributed by atoms with Gasteiger partial charge in [-0.1, -0.05) is 23.4 Å². The number of ether oxygens (including phenoxy) is 2. The summed E-state index contributed by atoms with van der Waals surface area (Å²) in [7, 11) is 1.62. The average molecular weight is 338 g/mol. The van der Waals surface area contributed by atoms with Gasteiger partial charge in [-0.25, -0.2) is 0 Å². The van der Waals surface area contributed by atoms with Crippen LogP contribution < -0.4 is 14.8 Å². The Kier molecular flexibility index (Phi) is 5.31. The Hall–Kier alpha value is -3.28. The summed E-state index contributed by atoms with van der Waals surface area (Å²) in [4.78, 5) is 11.8. The zero-order valence-corrected chi connectivity index (χ0v) is 13.8. The highest BCUT2D eigenvalue weighted by molar-refractivity contribution is 5.77. The van der Waals surface area contributed by atoms with E-state index in [-0.39, 0.29) is 19.1 Å². The maximum atomic E-state index is 11.8. The lowest BCUT2D eigenvalue weighted by Crippen LogP contribution is -2.28. The van der Waals surface area contributed by atoms with E-state index in [1.54, 1.807) is 25.3 Å². The van der Waals surface area contributed by atoms with E-state index in [1.807, 2.05) is 42.5 Å². The molecule has 0 saturated heterocycles. The Morgan fingerprint density at radius 2 is 1.84 bits per heavy atom. The lowest BCUT2D eigenvalue weighted by Gasteiger charge is -2.05.